The number of anilines is 1. The molecule has 0 radical (unpaired) electrons. The van der Waals surface area contributed by atoms with Crippen molar-refractivity contribution < 1.29 is 27.3 Å². The van der Waals surface area contributed by atoms with Crippen molar-refractivity contribution in [1.29, 1.82) is 0 Å². The number of ether oxygens (including phenoxy) is 1. The summed E-state index contributed by atoms with van der Waals surface area (Å²) in [5, 5.41) is 19.0. The maximum atomic E-state index is 12.9. The Morgan fingerprint density at radius 1 is 1.21 bits per heavy atom. The summed E-state index contributed by atoms with van der Waals surface area (Å²) in [7, 11) is 0. The molecule has 1 aliphatic heterocycles. The monoisotopic (exact) mass is 501 g/mol. The van der Waals surface area contributed by atoms with Crippen LogP contribution in [-0.2, 0) is 17.5 Å². The van der Waals surface area contributed by atoms with E-state index in [0.29, 0.717) is 44.1 Å². The molecule has 1 fully saturated rings. The zero-order chi connectivity index (χ0) is 23.4. The van der Waals surface area contributed by atoms with Crippen molar-refractivity contribution in [2.75, 3.05) is 32.0 Å². The zero-order valence-corrected chi connectivity index (χ0v) is 18.2. The van der Waals surface area contributed by atoms with Crippen LogP contribution in [0.25, 0.3) is 5.82 Å². The summed E-state index contributed by atoms with van der Waals surface area (Å²) >= 11 is 0. The molecule has 1 aromatic carbocycles. The van der Waals surface area contributed by atoms with Gasteiger partial charge in [0, 0.05) is 19.6 Å². The Kier molecular flexibility index (Phi) is 7.80. The fraction of sp³-hybridized carbons (Fsp3) is 0.333. The largest absolute Gasteiger partial charge is 0.416 e. The van der Waals surface area contributed by atoms with Crippen LogP contribution >= 0.6 is 12.4 Å². The molecule has 3 aromatic rings. The van der Waals surface area contributed by atoms with Gasteiger partial charge in [-0.2, -0.15) is 23.0 Å². The van der Waals surface area contributed by atoms with Crippen molar-refractivity contribution in [1.82, 2.24) is 35.6 Å². The van der Waals surface area contributed by atoms with E-state index in [1.165, 1.54) is 18.3 Å². The summed E-state index contributed by atoms with van der Waals surface area (Å²) in [5.41, 5.74) is 7.96. The lowest BCUT2D eigenvalue weighted by Crippen LogP contribution is -2.36. The smallest absolute Gasteiger partial charge is 0.379 e. The summed E-state index contributed by atoms with van der Waals surface area (Å²) in [6.45, 7) is 2.70. The minimum Gasteiger partial charge on any atom is -0.379 e. The van der Waals surface area contributed by atoms with Gasteiger partial charge in [0.1, 0.15) is 5.69 Å². The van der Waals surface area contributed by atoms with Crippen molar-refractivity contribution >= 4 is 30.3 Å². The van der Waals surface area contributed by atoms with Crippen molar-refractivity contribution in [3.63, 3.8) is 0 Å². The van der Waals surface area contributed by atoms with Gasteiger partial charge in [0.25, 0.3) is 5.91 Å². The molecule has 12 nitrogen and oxygen atoms in total. The van der Waals surface area contributed by atoms with Crippen molar-refractivity contribution in [2.24, 2.45) is 5.10 Å². The van der Waals surface area contributed by atoms with Crippen LogP contribution in [0.2, 0.25) is 0 Å². The first-order valence-corrected chi connectivity index (χ1v) is 9.66. The maximum Gasteiger partial charge on any atom is 0.416 e. The lowest BCUT2D eigenvalue weighted by Gasteiger charge is -2.25. The number of amides is 1. The van der Waals surface area contributed by atoms with Crippen LogP contribution < -0.4 is 11.2 Å². The summed E-state index contributed by atoms with van der Waals surface area (Å²) in [4.78, 5) is 15.0. The molecule has 1 saturated heterocycles. The topological polar surface area (TPSA) is 150 Å². The molecular formula is C18H19ClF3N9O3. The number of hydrazone groups is 1. The highest BCUT2D eigenvalue weighted by molar-refractivity contribution is 5.95. The van der Waals surface area contributed by atoms with Gasteiger partial charge in [-0.25, -0.2) is 10.1 Å². The number of carbonyl (C=O) groups excluding carboxylic acids is 1. The third-order valence-corrected chi connectivity index (χ3v) is 4.75. The second kappa shape index (κ2) is 10.6. The molecule has 1 aliphatic rings. The number of nitrogen functional groups attached to an aromatic ring is 1. The Morgan fingerprint density at radius 2 is 1.91 bits per heavy atom. The van der Waals surface area contributed by atoms with E-state index in [-0.39, 0.29) is 29.7 Å². The Labute approximate surface area is 196 Å². The number of halogens is 4. The fourth-order valence-electron chi connectivity index (χ4n) is 3.08. The Bertz CT molecular complexity index is 1140. The van der Waals surface area contributed by atoms with E-state index in [0.717, 1.165) is 16.8 Å². The van der Waals surface area contributed by atoms with E-state index in [1.54, 1.807) is 0 Å². The standard InChI is InChI=1S/C18H18F3N9O3.ClH/c19-18(20,21)12-3-1-11(2-4-12)9-23-25-17(31)14-13(10-29-5-7-32-8-6-29)24-28-30(14)16-15(22)26-33-27-16;/h1-4,9H,5-8,10H2,(H2,22,26)(H,25,31);1H/b23-9+;. The van der Waals surface area contributed by atoms with Crippen molar-refractivity contribution in [2.45, 2.75) is 12.7 Å². The molecule has 3 N–H and O–H groups in total. The summed E-state index contributed by atoms with van der Waals surface area (Å²) in [6, 6.07) is 4.30. The normalized spacial score (nSPS) is 14.8. The average Bonchev–Trinajstić information content (AvgIpc) is 3.40. The van der Waals surface area contributed by atoms with E-state index in [4.69, 9.17) is 10.5 Å². The Hall–Kier alpha value is -3.56. The molecule has 1 amide bonds. The Balaban J connectivity index is 0.00000324. The fourth-order valence-corrected chi connectivity index (χ4v) is 3.08. The first-order chi connectivity index (χ1) is 15.8. The predicted octanol–water partition coefficient (Wildman–Crippen LogP) is 1.27. The number of nitrogens with one attached hydrogen (secondary N) is 1. The number of hydrogen-bond acceptors (Lipinski definition) is 10. The quantitative estimate of drug-likeness (QED) is 0.376. The molecule has 0 unspecified atom stereocenters. The number of aromatic nitrogens is 5. The number of rotatable bonds is 6. The molecule has 0 aliphatic carbocycles. The van der Waals surface area contributed by atoms with E-state index >= 15 is 0 Å². The zero-order valence-electron chi connectivity index (χ0n) is 17.4. The summed E-state index contributed by atoms with van der Waals surface area (Å²) in [5.74, 6) is -0.804. The predicted molar refractivity (Wildman–Crippen MR) is 113 cm³/mol. The number of benzene rings is 1. The molecule has 0 saturated carbocycles. The molecule has 2 aromatic heterocycles. The number of morpholine rings is 1. The summed E-state index contributed by atoms with van der Waals surface area (Å²) < 4.78 is 49.0. The minimum atomic E-state index is -4.44. The number of nitrogens with zero attached hydrogens (tertiary/aromatic N) is 7. The number of alkyl halides is 3. The first kappa shape index (κ1) is 25.1. The van der Waals surface area contributed by atoms with E-state index in [2.05, 4.69) is 35.8 Å². The second-order valence-electron chi connectivity index (χ2n) is 6.98. The Morgan fingerprint density at radius 3 is 2.53 bits per heavy atom. The maximum absolute atomic E-state index is 12.9. The molecule has 0 atom stereocenters. The van der Waals surface area contributed by atoms with Gasteiger partial charge in [0.05, 0.1) is 25.0 Å². The van der Waals surface area contributed by atoms with Gasteiger partial charge >= 0.3 is 6.18 Å². The van der Waals surface area contributed by atoms with Crippen LogP contribution in [-0.4, -0.2) is 68.6 Å². The van der Waals surface area contributed by atoms with Crippen molar-refractivity contribution in [3.8, 4) is 5.82 Å². The van der Waals surface area contributed by atoms with Crippen LogP contribution in [0, 0.1) is 0 Å². The average molecular weight is 502 g/mol. The second-order valence-corrected chi connectivity index (χ2v) is 6.98. The highest BCUT2D eigenvalue weighted by Gasteiger charge is 2.30. The minimum absolute atomic E-state index is 0. The number of carbonyl (C=O) groups is 1. The van der Waals surface area contributed by atoms with Crippen LogP contribution in [0.3, 0.4) is 0 Å². The van der Waals surface area contributed by atoms with Gasteiger partial charge in [-0.3, -0.25) is 9.69 Å². The van der Waals surface area contributed by atoms with E-state index in [9.17, 15) is 18.0 Å². The van der Waals surface area contributed by atoms with Gasteiger partial charge in [-0.1, -0.05) is 17.3 Å². The third kappa shape index (κ3) is 5.67. The molecule has 182 valence electrons. The van der Waals surface area contributed by atoms with Gasteiger partial charge in [-0.05, 0) is 28.0 Å². The molecular weight excluding hydrogens is 483 g/mol. The van der Waals surface area contributed by atoms with Gasteiger partial charge < -0.3 is 10.5 Å². The van der Waals surface area contributed by atoms with Crippen LogP contribution in [0.15, 0.2) is 34.0 Å². The molecule has 0 bridgehead atoms. The van der Waals surface area contributed by atoms with Gasteiger partial charge in [0.2, 0.25) is 11.6 Å². The highest BCUT2D eigenvalue weighted by Crippen LogP contribution is 2.28. The lowest BCUT2D eigenvalue weighted by molar-refractivity contribution is -0.137. The van der Waals surface area contributed by atoms with Crippen LogP contribution in [0.5, 0.6) is 0 Å². The lowest BCUT2D eigenvalue weighted by atomic mass is 10.1. The molecule has 16 heteroatoms. The number of nitrogens with two attached hydrogens (primary N) is 1. The summed E-state index contributed by atoms with van der Waals surface area (Å²) in [6.07, 6.45) is -3.23. The van der Waals surface area contributed by atoms with Gasteiger partial charge in [0.15, 0.2) is 5.69 Å². The van der Waals surface area contributed by atoms with E-state index < -0.39 is 17.6 Å². The van der Waals surface area contributed by atoms with Crippen molar-refractivity contribution in [3.05, 3.63) is 46.8 Å². The van der Waals surface area contributed by atoms with E-state index in [1.807, 2.05) is 4.90 Å². The van der Waals surface area contributed by atoms with Crippen LogP contribution in [0.4, 0.5) is 19.0 Å². The first-order valence-electron chi connectivity index (χ1n) is 9.66. The molecule has 34 heavy (non-hydrogen) atoms. The van der Waals surface area contributed by atoms with Crippen LogP contribution in [0.1, 0.15) is 27.3 Å². The highest BCUT2D eigenvalue weighted by atomic mass is 35.5. The third-order valence-electron chi connectivity index (χ3n) is 4.75. The van der Waals surface area contributed by atoms with Gasteiger partial charge in [-0.15, -0.1) is 17.5 Å². The SMILES string of the molecule is Cl.Nc1nonc1-n1nnc(CN2CCOCC2)c1C(=O)N/N=C/c1ccc(C(F)(F)F)cc1. The molecule has 0 spiro atoms. The molecule has 3 heterocycles. The molecule has 4 rings (SSSR count). The number of hydrogen-bond donors (Lipinski definition) is 2.